The number of amides is 1. The van der Waals surface area contributed by atoms with Gasteiger partial charge in [-0.15, -0.1) is 0 Å². The van der Waals surface area contributed by atoms with Gasteiger partial charge in [0.05, 0.1) is 6.42 Å². The fraction of sp³-hybridized carbons (Fsp3) is 0.467. The van der Waals surface area contributed by atoms with Gasteiger partial charge in [0.1, 0.15) is 0 Å². The largest absolute Gasteiger partial charge is 0.481 e. The van der Waals surface area contributed by atoms with E-state index in [1.807, 2.05) is 0 Å². The first-order chi connectivity index (χ1) is 8.99. The number of hydrogen-bond acceptors (Lipinski definition) is 2. The molecule has 0 aliphatic heterocycles. The van der Waals surface area contributed by atoms with E-state index in [9.17, 15) is 9.59 Å². The fourth-order valence-corrected chi connectivity index (χ4v) is 1.96. The number of hydrogen-bond donors (Lipinski definition) is 2. The lowest BCUT2D eigenvalue weighted by Gasteiger charge is -2.07. The third-order valence-corrected chi connectivity index (χ3v) is 3.01. The molecule has 4 nitrogen and oxygen atoms in total. The smallest absolute Gasteiger partial charge is 0.305 e. The van der Waals surface area contributed by atoms with Crippen LogP contribution < -0.4 is 5.32 Å². The van der Waals surface area contributed by atoms with Gasteiger partial charge in [0, 0.05) is 13.0 Å². The Labute approximate surface area is 113 Å². The number of carbonyl (C=O) groups excluding carboxylic acids is 1. The summed E-state index contributed by atoms with van der Waals surface area (Å²) in [5.74, 6) is -0.971. The van der Waals surface area contributed by atoms with Crippen molar-refractivity contribution in [2.45, 2.75) is 39.5 Å². The highest BCUT2D eigenvalue weighted by Crippen LogP contribution is 2.13. The normalized spacial score (nSPS) is 10.2. The first-order valence-corrected chi connectivity index (χ1v) is 6.53. The van der Waals surface area contributed by atoms with Crippen LogP contribution in [0.1, 0.15) is 36.0 Å². The summed E-state index contributed by atoms with van der Waals surface area (Å²) in [7, 11) is 0. The summed E-state index contributed by atoms with van der Waals surface area (Å²) >= 11 is 0. The highest BCUT2D eigenvalue weighted by molar-refractivity contribution is 5.76. The van der Waals surface area contributed by atoms with Crippen LogP contribution in [0.2, 0.25) is 0 Å². The van der Waals surface area contributed by atoms with Crippen LogP contribution in [0.15, 0.2) is 18.2 Å². The van der Waals surface area contributed by atoms with Crippen LogP contribution in [0.4, 0.5) is 0 Å². The molecule has 0 bridgehead atoms. The fourth-order valence-electron chi connectivity index (χ4n) is 1.96. The van der Waals surface area contributed by atoms with Crippen LogP contribution in [-0.2, 0) is 16.0 Å². The van der Waals surface area contributed by atoms with E-state index >= 15 is 0 Å². The van der Waals surface area contributed by atoms with Gasteiger partial charge in [0.25, 0.3) is 0 Å². The number of benzene rings is 1. The Hall–Kier alpha value is -1.84. The minimum absolute atomic E-state index is 0.0250. The maximum Gasteiger partial charge on any atom is 0.305 e. The van der Waals surface area contributed by atoms with E-state index in [-0.39, 0.29) is 18.9 Å². The first kappa shape index (κ1) is 15.2. The molecule has 1 aromatic rings. The highest BCUT2D eigenvalue weighted by Gasteiger charge is 2.04. The van der Waals surface area contributed by atoms with E-state index in [1.165, 1.54) is 16.7 Å². The van der Waals surface area contributed by atoms with Crippen LogP contribution in [0.3, 0.4) is 0 Å². The minimum Gasteiger partial charge on any atom is -0.481 e. The molecule has 104 valence electrons. The van der Waals surface area contributed by atoms with Crippen LogP contribution in [0.25, 0.3) is 0 Å². The Bertz CT molecular complexity index is 455. The predicted molar refractivity (Wildman–Crippen MR) is 74.1 cm³/mol. The second-order valence-corrected chi connectivity index (χ2v) is 4.78. The summed E-state index contributed by atoms with van der Waals surface area (Å²) in [5, 5.41) is 11.1. The highest BCUT2D eigenvalue weighted by atomic mass is 16.4. The molecule has 0 aliphatic carbocycles. The monoisotopic (exact) mass is 263 g/mol. The molecule has 0 spiro atoms. The van der Waals surface area contributed by atoms with Crippen molar-refractivity contribution in [2.24, 2.45) is 0 Å². The second kappa shape index (κ2) is 7.56. The van der Waals surface area contributed by atoms with Crippen LogP contribution in [0.5, 0.6) is 0 Å². The van der Waals surface area contributed by atoms with Crippen LogP contribution in [0, 0.1) is 13.8 Å². The molecule has 0 aliphatic rings. The van der Waals surface area contributed by atoms with Crippen molar-refractivity contribution in [3.05, 3.63) is 34.9 Å². The van der Waals surface area contributed by atoms with Gasteiger partial charge in [-0.1, -0.05) is 23.8 Å². The van der Waals surface area contributed by atoms with Gasteiger partial charge in [-0.25, -0.2) is 0 Å². The Morgan fingerprint density at radius 2 is 1.95 bits per heavy atom. The molecule has 0 fully saturated rings. The van der Waals surface area contributed by atoms with Crippen molar-refractivity contribution in [3.63, 3.8) is 0 Å². The Balaban J connectivity index is 2.26. The van der Waals surface area contributed by atoms with Gasteiger partial charge in [-0.05, 0) is 37.8 Å². The standard InChI is InChI=1S/C15H21NO3/c1-11-6-7-13(12(2)10-11)4-3-5-14(17)16-9-8-15(18)19/h6-7,10H,3-5,8-9H2,1-2H3,(H,16,17)(H,18,19). The third-order valence-electron chi connectivity index (χ3n) is 3.01. The van der Waals surface area contributed by atoms with E-state index in [4.69, 9.17) is 5.11 Å². The molecule has 0 saturated heterocycles. The zero-order valence-electron chi connectivity index (χ0n) is 11.5. The van der Waals surface area contributed by atoms with Crippen molar-refractivity contribution in [1.82, 2.24) is 5.32 Å². The summed E-state index contributed by atoms with van der Waals surface area (Å²) in [4.78, 5) is 21.7. The molecule has 0 aromatic heterocycles. The summed E-state index contributed by atoms with van der Waals surface area (Å²) < 4.78 is 0. The summed E-state index contributed by atoms with van der Waals surface area (Å²) in [6.45, 7) is 4.35. The summed E-state index contributed by atoms with van der Waals surface area (Å²) in [6, 6.07) is 6.32. The molecule has 0 atom stereocenters. The Kier molecular flexibility index (Phi) is 6.06. The number of carbonyl (C=O) groups is 2. The average Bonchev–Trinajstić information content (AvgIpc) is 2.31. The average molecular weight is 263 g/mol. The lowest BCUT2D eigenvalue weighted by molar-refractivity contribution is -0.136. The molecule has 1 aromatic carbocycles. The molecule has 0 unspecified atom stereocenters. The minimum atomic E-state index is -0.893. The maximum absolute atomic E-state index is 11.4. The molecule has 0 radical (unpaired) electrons. The number of rotatable bonds is 7. The summed E-state index contributed by atoms with van der Waals surface area (Å²) in [5.41, 5.74) is 3.77. The van der Waals surface area contributed by atoms with Crippen molar-refractivity contribution in [1.29, 1.82) is 0 Å². The second-order valence-electron chi connectivity index (χ2n) is 4.78. The topological polar surface area (TPSA) is 66.4 Å². The molecule has 19 heavy (non-hydrogen) atoms. The van der Waals surface area contributed by atoms with Gasteiger partial charge in [0.2, 0.25) is 5.91 Å². The Morgan fingerprint density at radius 1 is 1.21 bits per heavy atom. The predicted octanol–water partition coefficient (Wildman–Crippen LogP) is 2.22. The SMILES string of the molecule is Cc1ccc(CCCC(=O)NCCC(=O)O)c(C)c1. The van der Waals surface area contributed by atoms with E-state index in [0.717, 1.165) is 12.8 Å². The van der Waals surface area contributed by atoms with Crippen molar-refractivity contribution in [3.8, 4) is 0 Å². The number of aryl methyl sites for hydroxylation is 3. The molecule has 2 N–H and O–H groups in total. The first-order valence-electron chi connectivity index (χ1n) is 6.53. The van der Waals surface area contributed by atoms with Crippen molar-refractivity contribution >= 4 is 11.9 Å². The summed E-state index contributed by atoms with van der Waals surface area (Å²) in [6.07, 6.45) is 2.07. The van der Waals surface area contributed by atoms with E-state index in [2.05, 4.69) is 37.4 Å². The number of carboxylic acids is 1. The molecule has 4 heteroatoms. The molecular weight excluding hydrogens is 242 g/mol. The number of nitrogens with one attached hydrogen (secondary N) is 1. The molecule has 0 heterocycles. The van der Waals surface area contributed by atoms with Gasteiger partial charge >= 0.3 is 5.97 Å². The van der Waals surface area contributed by atoms with E-state index in [0.29, 0.717) is 6.42 Å². The van der Waals surface area contributed by atoms with E-state index in [1.54, 1.807) is 0 Å². The zero-order valence-corrected chi connectivity index (χ0v) is 11.5. The van der Waals surface area contributed by atoms with Crippen LogP contribution in [-0.4, -0.2) is 23.5 Å². The lowest BCUT2D eigenvalue weighted by Crippen LogP contribution is -2.25. The van der Waals surface area contributed by atoms with Gasteiger partial charge in [0.15, 0.2) is 0 Å². The van der Waals surface area contributed by atoms with E-state index < -0.39 is 5.97 Å². The number of carboxylic acid groups (broad SMARTS) is 1. The molecule has 0 saturated carbocycles. The van der Waals surface area contributed by atoms with Crippen LogP contribution >= 0.6 is 0 Å². The zero-order chi connectivity index (χ0) is 14.3. The molecule has 1 amide bonds. The van der Waals surface area contributed by atoms with Crippen molar-refractivity contribution in [2.75, 3.05) is 6.54 Å². The Morgan fingerprint density at radius 3 is 2.58 bits per heavy atom. The molecular formula is C15H21NO3. The maximum atomic E-state index is 11.4. The molecule has 1 rings (SSSR count). The van der Waals surface area contributed by atoms with Gasteiger partial charge < -0.3 is 10.4 Å². The lowest BCUT2D eigenvalue weighted by atomic mass is 10.0. The quantitative estimate of drug-likeness (QED) is 0.792. The van der Waals surface area contributed by atoms with Gasteiger partial charge in [-0.2, -0.15) is 0 Å². The van der Waals surface area contributed by atoms with Gasteiger partial charge in [-0.3, -0.25) is 9.59 Å². The third kappa shape index (κ3) is 6.04. The number of aliphatic carboxylic acids is 1. The van der Waals surface area contributed by atoms with Crippen molar-refractivity contribution < 1.29 is 14.7 Å².